The predicted octanol–water partition coefficient (Wildman–Crippen LogP) is 1.04. The molecule has 0 unspecified atom stereocenters. The molecule has 2 N–H and O–H groups in total. The molecule has 5 nitrogen and oxygen atoms in total. The Labute approximate surface area is 133 Å². The maximum atomic E-state index is 12.0. The maximum absolute atomic E-state index is 12.0. The molecule has 0 saturated carbocycles. The molecule has 1 aromatic carbocycles. The number of hydrogen-bond acceptors (Lipinski definition) is 4. The van der Waals surface area contributed by atoms with Crippen LogP contribution in [0.3, 0.4) is 0 Å². The van der Waals surface area contributed by atoms with Crippen LogP contribution in [0.25, 0.3) is 0 Å². The van der Waals surface area contributed by atoms with Crippen LogP contribution >= 0.6 is 0 Å². The van der Waals surface area contributed by atoms with Crippen molar-refractivity contribution in [3.8, 4) is 5.75 Å². The summed E-state index contributed by atoms with van der Waals surface area (Å²) in [5.41, 5.74) is 0.615. The van der Waals surface area contributed by atoms with Crippen molar-refractivity contribution in [2.75, 3.05) is 13.7 Å². The van der Waals surface area contributed by atoms with E-state index in [4.69, 9.17) is 9.39 Å². The Morgan fingerprint density at radius 1 is 1.32 bits per heavy atom. The third-order valence-corrected chi connectivity index (χ3v) is 4.30. The van der Waals surface area contributed by atoms with Gasteiger partial charge in [-0.15, -0.1) is 0 Å². The number of hydrogen-bond donors (Lipinski definition) is 2. The van der Waals surface area contributed by atoms with E-state index in [1.165, 1.54) is 0 Å². The summed E-state index contributed by atoms with van der Waals surface area (Å²) in [6, 6.07) is 3.70. The van der Waals surface area contributed by atoms with Gasteiger partial charge in [-0.05, 0) is 51.2 Å². The van der Waals surface area contributed by atoms with Crippen LogP contribution < -0.4 is 15.5 Å². The predicted molar refractivity (Wildman–Crippen MR) is 88.0 cm³/mol. The highest BCUT2D eigenvalue weighted by Crippen LogP contribution is 2.26. The van der Waals surface area contributed by atoms with Crippen LogP contribution in [0.2, 0.25) is 0 Å². The molecule has 0 aromatic heterocycles. The van der Waals surface area contributed by atoms with E-state index in [2.05, 4.69) is 5.32 Å². The van der Waals surface area contributed by atoms with Gasteiger partial charge in [0.2, 0.25) is 0 Å². The lowest BCUT2D eigenvalue weighted by Gasteiger charge is -2.37. The minimum atomic E-state index is -0.984. The normalized spacial score (nSPS) is 15.1. The fourth-order valence-electron chi connectivity index (χ4n) is 2.14. The van der Waals surface area contributed by atoms with Crippen LogP contribution in [-0.4, -0.2) is 43.4 Å². The zero-order valence-corrected chi connectivity index (χ0v) is 13.8. The summed E-state index contributed by atoms with van der Waals surface area (Å²) in [5.74, 6) is 0.424. The SMILES string of the molecule is COc1cc([B]OC(C)(C)C(C)(C)O)cc2c1C(=O)NCC2.[HH]. The summed E-state index contributed by atoms with van der Waals surface area (Å²) in [7, 11) is 3.15. The highest BCUT2D eigenvalue weighted by molar-refractivity contribution is 6.47. The van der Waals surface area contributed by atoms with Crippen LogP contribution in [0.5, 0.6) is 5.75 Å². The average Bonchev–Trinajstić information content (AvgIpc) is 2.43. The lowest BCUT2D eigenvalue weighted by molar-refractivity contribution is -0.0893. The summed E-state index contributed by atoms with van der Waals surface area (Å²) in [6.07, 6.45) is 0.758. The molecular weight excluding hydrogens is 281 g/mol. The van der Waals surface area contributed by atoms with Crippen molar-refractivity contribution in [1.82, 2.24) is 5.32 Å². The number of aliphatic hydroxyl groups is 1. The molecule has 1 aliphatic heterocycles. The summed E-state index contributed by atoms with van der Waals surface area (Å²) >= 11 is 0. The fraction of sp³-hybridized carbons (Fsp3) is 0.562. The Bertz CT molecular complexity index is 567. The Hall–Kier alpha value is -1.53. The smallest absolute Gasteiger partial charge is 0.331 e. The van der Waals surface area contributed by atoms with Crippen molar-refractivity contribution in [3.63, 3.8) is 0 Å². The van der Waals surface area contributed by atoms with E-state index in [1.54, 1.807) is 34.5 Å². The summed E-state index contributed by atoms with van der Waals surface area (Å²) < 4.78 is 11.1. The average molecular weight is 306 g/mol. The second-order valence-electron chi connectivity index (χ2n) is 6.57. The first-order valence-corrected chi connectivity index (χ1v) is 7.38. The van der Waals surface area contributed by atoms with Gasteiger partial charge in [-0.25, -0.2) is 0 Å². The largest absolute Gasteiger partial charge is 0.496 e. The Morgan fingerprint density at radius 3 is 2.59 bits per heavy atom. The van der Waals surface area contributed by atoms with Crippen molar-refractivity contribution in [1.29, 1.82) is 0 Å². The van der Waals surface area contributed by atoms with Gasteiger partial charge in [-0.3, -0.25) is 4.79 Å². The minimum absolute atomic E-state index is 0. The van der Waals surface area contributed by atoms with Crippen LogP contribution in [-0.2, 0) is 11.1 Å². The van der Waals surface area contributed by atoms with Gasteiger partial charge >= 0.3 is 7.48 Å². The molecule has 0 aliphatic carbocycles. The number of nitrogens with one attached hydrogen (secondary N) is 1. The number of ether oxygens (including phenoxy) is 1. The first-order valence-electron chi connectivity index (χ1n) is 7.38. The van der Waals surface area contributed by atoms with Gasteiger partial charge in [0.25, 0.3) is 5.91 Å². The molecule has 0 atom stereocenters. The Morgan fingerprint density at radius 2 is 2.00 bits per heavy atom. The summed E-state index contributed by atoms with van der Waals surface area (Å²) in [6.45, 7) is 7.69. The molecule has 6 heteroatoms. The molecular formula is C16H25BNO4. The van der Waals surface area contributed by atoms with E-state index in [9.17, 15) is 9.90 Å². The standard InChI is InChI=1S/C16H23BNO4.H2/c1-15(2,20)16(3,4)22-17-11-8-10-6-7-18-14(19)13(10)12(9-11)21-5;/h8-9,20H,6-7H2,1-5H3,(H,18,19);1H. The van der Waals surface area contributed by atoms with E-state index in [-0.39, 0.29) is 7.33 Å². The quantitative estimate of drug-likeness (QED) is 0.798. The zero-order valence-electron chi connectivity index (χ0n) is 13.8. The lowest BCUT2D eigenvalue weighted by atomic mass is 9.80. The van der Waals surface area contributed by atoms with Crippen molar-refractivity contribution in [3.05, 3.63) is 23.3 Å². The van der Waals surface area contributed by atoms with Gasteiger partial charge in [0.1, 0.15) is 5.75 Å². The number of methoxy groups -OCH3 is 1. The van der Waals surface area contributed by atoms with E-state index < -0.39 is 11.2 Å². The topological polar surface area (TPSA) is 67.8 Å². The van der Waals surface area contributed by atoms with Gasteiger partial charge in [0, 0.05) is 7.97 Å². The highest BCUT2D eigenvalue weighted by Gasteiger charge is 2.36. The molecule has 22 heavy (non-hydrogen) atoms. The van der Waals surface area contributed by atoms with Crippen molar-refractivity contribution in [2.24, 2.45) is 0 Å². The number of fused-ring (bicyclic) bond motifs is 1. The van der Waals surface area contributed by atoms with Gasteiger partial charge in [-0.2, -0.15) is 0 Å². The number of carbonyl (C=O) groups is 1. The van der Waals surface area contributed by atoms with Crippen LogP contribution in [0, 0.1) is 0 Å². The Kier molecular flexibility index (Phi) is 4.54. The van der Waals surface area contributed by atoms with Gasteiger partial charge in [0.05, 0.1) is 23.9 Å². The highest BCUT2D eigenvalue weighted by atomic mass is 16.5. The van der Waals surface area contributed by atoms with Crippen molar-refractivity contribution < 1.29 is 20.7 Å². The lowest BCUT2D eigenvalue weighted by Crippen LogP contribution is -2.49. The molecule has 1 aliphatic rings. The van der Waals surface area contributed by atoms with E-state index in [0.29, 0.717) is 17.9 Å². The maximum Gasteiger partial charge on any atom is 0.331 e. The van der Waals surface area contributed by atoms with Crippen molar-refractivity contribution in [2.45, 2.75) is 45.3 Å². The third-order valence-electron chi connectivity index (χ3n) is 4.30. The molecule has 0 fully saturated rings. The number of benzene rings is 1. The first kappa shape index (κ1) is 16.8. The second-order valence-corrected chi connectivity index (χ2v) is 6.57. The summed E-state index contributed by atoms with van der Waals surface area (Å²) in [4.78, 5) is 12.0. The molecule has 0 spiro atoms. The third kappa shape index (κ3) is 3.28. The zero-order chi connectivity index (χ0) is 16.5. The molecule has 1 aromatic rings. The molecule has 1 amide bonds. The first-order chi connectivity index (χ1) is 10.2. The molecule has 1 radical (unpaired) electrons. The summed E-state index contributed by atoms with van der Waals surface area (Å²) in [5, 5.41) is 12.9. The van der Waals surface area contributed by atoms with Crippen molar-refractivity contribution >= 4 is 18.9 Å². The minimum Gasteiger partial charge on any atom is -0.496 e. The Balaban J connectivity index is 0.00000264. The molecule has 2 rings (SSSR count). The van der Waals surface area contributed by atoms with Gasteiger partial charge in [0.15, 0.2) is 0 Å². The number of carbonyl (C=O) groups excluding carboxylic acids is 1. The number of amides is 1. The second kappa shape index (κ2) is 5.93. The molecule has 0 bridgehead atoms. The molecule has 121 valence electrons. The number of rotatable bonds is 5. The van der Waals surface area contributed by atoms with E-state index in [1.807, 2.05) is 19.9 Å². The van der Waals surface area contributed by atoms with E-state index >= 15 is 0 Å². The molecule has 0 saturated heterocycles. The monoisotopic (exact) mass is 306 g/mol. The fourth-order valence-corrected chi connectivity index (χ4v) is 2.14. The molecule has 1 heterocycles. The van der Waals surface area contributed by atoms with Crippen LogP contribution in [0.1, 0.15) is 45.0 Å². The van der Waals surface area contributed by atoms with E-state index in [0.717, 1.165) is 17.4 Å². The van der Waals surface area contributed by atoms with Gasteiger partial charge in [-0.1, -0.05) is 6.07 Å². The van der Waals surface area contributed by atoms with Crippen LogP contribution in [0.4, 0.5) is 0 Å². The van der Waals surface area contributed by atoms with Crippen LogP contribution in [0.15, 0.2) is 12.1 Å². The van der Waals surface area contributed by atoms with Gasteiger partial charge < -0.3 is 19.8 Å².